The lowest BCUT2D eigenvalue weighted by atomic mass is 9.97. The van der Waals surface area contributed by atoms with Crippen molar-refractivity contribution in [1.82, 2.24) is 4.98 Å². The van der Waals surface area contributed by atoms with Crippen LogP contribution >= 0.6 is 11.3 Å². The van der Waals surface area contributed by atoms with E-state index in [0.29, 0.717) is 0 Å². The van der Waals surface area contributed by atoms with Gasteiger partial charge in [-0.05, 0) is 32.9 Å². The molecule has 2 aromatic rings. The van der Waals surface area contributed by atoms with E-state index in [4.69, 9.17) is 4.74 Å². The van der Waals surface area contributed by atoms with Crippen molar-refractivity contribution in [2.24, 2.45) is 0 Å². The number of hydrogen-bond donors (Lipinski definition) is 1. The third-order valence-electron chi connectivity index (χ3n) is 3.06. The molecule has 0 saturated heterocycles. The number of aliphatic hydroxyl groups excluding tert-OH is 1. The number of hydrogen-bond acceptors (Lipinski definition) is 4. The Balaban J connectivity index is 2.26. The second-order valence-corrected chi connectivity index (χ2v) is 6.04. The summed E-state index contributed by atoms with van der Waals surface area (Å²) in [6.07, 6.45) is -0.538. The molecule has 2 heterocycles. The first-order valence-electron chi connectivity index (χ1n) is 5.97. The first-order chi connectivity index (χ1) is 8.49. The predicted molar refractivity (Wildman–Crippen MR) is 71.8 cm³/mol. The van der Waals surface area contributed by atoms with Gasteiger partial charge in [0.05, 0.1) is 10.6 Å². The molecule has 0 aliphatic carbocycles. The SMILES string of the molecule is CC(O)c1nc2c(s1)C(C)(C)Oc1ccccc1-2. The average Bonchev–Trinajstić information content (AvgIpc) is 2.74. The van der Waals surface area contributed by atoms with Crippen LogP contribution in [-0.2, 0) is 5.60 Å². The third-order valence-corrected chi connectivity index (χ3v) is 4.59. The minimum absolute atomic E-state index is 0.394. The maximum absolute atomic E-state index is 9.70. The molecule has 3 rings (SSSR count). The molecule has 1 aromatic carbocycles. The van der Waals surface area contributed by atoms with Crippen LogP contribution in [0.4, 0.5) is 0 Å². The molecule has 18 heavy (non-hydrogen) atoms. The van der Waals surface area contributed by atoms with Crippen LogP contribution in [0.2, 0.25) is 0 Å². The Morgan fingerprint density at radius 3 is 2.78 bits per heavy atom. The minimum atomic E-state index is -0.538. The minimum Gasteiger partial charge on any atom is -0.482 e. The fourth-order valence-corrected chi connectivity index (χ4v) is 3.23. The zero-order valence-corrected chi connectivity index (χ0v) is 11.4. The van der Waals surface area contributed by atoms with Gasteiger partial charge in [-0.25, -0.2) is 4.98 Å². The van der Waals surface area contributed by atoms with Gasteiger partial charge in [-0.3, -0.25) is 0 Å². The van der Waals surface area contributed by atoms with Gasteiger partial charge in [0.25, 0.3) is 0 Å². The van der Waals surface area contributed by atoms with Gasteiger partial charge in [0.1, 0.15) is 22.5 Å². The number of ether oxygens (including phenoxy) is 1. The second-order valence-electron chi connectivity index (χ2n) is 5.01. The number of para-hydroxylation sites is 1. The Hall–Kier alpha value is -1.39. The summed E-state index contributed by atoms with van der Waals surface area (Å²) in [6.45, 7) is 5.81. The fraction of sp³-hybridized carbons (Fsp3) is 0.357. The van der Waals surface area contributed by atoms with Crippen molar-refractivity contribution in [2.75, 3.05) is 0 Å². The Kier molecular flexibility index (Phi) is 2.47. The molecule has 1 N–H and O–H groups in total. The number of benzene rings is 1. The second kappa shape index (κ2) is 3.80. The first kappa shape index (κ1) is 11.7. The van der Waals surface area contributed by atoms with Crippen molar-refractivity contribution in [3.05, 3.63) is 34.2 Å². The molecule has 4 heteroatoms. The monoisotopic (exact) mass is 261 g/mol. The summed E-state index contributed by atoms with van der Waals surface area (Å²) in [5, 5.41) is 10.4. The summed E-state index contributed by atoms with van der Waals surface area (Å²) < 4.78 is 6.03. The molecular weight excluding hydrogens is 246 g/mol. The van der Waals surface area contributed by atoms with E-state index < -0.39 is 11.7 Å². The van der Waals surface area contributed by atoms with E-state index in [1.54, 1.807) is 6.92 Å². The highest BCUT2D eigenvalue weighted by molar-refractivity contribution is 7.12. The molecule has 1 aliphatic heterocycles. The fourth-order valence-electron chi connectivity index (χ4n) is 2.18. The summed E-state index contributed by atoms with van der Waals surface area (Å²) in [7, 11) is 0. The normalized spacial score (nSPS) is 17.6. The number of rotatable bonds is 1. The van der Waals surface area contributed by atoms with Gasteiger partial charge < -0.3 is 9.84 Å². The highest BCUT2D eigenvalue weighted by atomic mass is 32.1. The maximum Gasteiger partial charge on any atom is 0.140 e. The molecular formula is C14H15NO2S. The quantitative estimate of drug-likeness (QED) is 0.854. The number of aromatic nitrogens is 1. The number of aliphatic hydroxyl groups is 1. The predicted octanol–water partition coefficient (Wildman–Crippen LogP) is 3.49. The van der Waals surface area contributed by atoms with Gasteiger partial charge >= 0.3 is 0 Å². The number of fused-ring (bicyclic) bond motifs is 3. The lowest BCUT2D eigenvalue weighted by Crippen LogP contribution is -2.27. The van der Waals surface area contributed by atoms with Gasteiger partial charge in [0.2, 0.25) is 0 Å². The first-order valence-corrected chi connectivity index (χ1v) is 6.78. The van der Waals surface area contributed by atoms with Gasteiger partial charge in [-0.2, -0.15) is 0 Å². The molecule has 0 amide bonds. The smallest absolute Gasteiger partial charge is 0.140 e. The zero-order valence-electron chi connectivity index (χ0n) is 10.6. The molecule has 0 fully saturated rings. The Bertz CT molecular complexity index is 602. The van der Waals surface area contributed by atoms with Crippen LogP contribution in [0.3, 0.4) is 0 Å². The molecule has 1 unspecified atom stereocenters. The highest BCUT2D eigenvalue weighted by Gasteiger charge is 2.36. The van der Waals surface area contributed by atoms with E-state index >= 15 is 0 Å². The van der Waals surface area contributed by atoms with Crippen LogP contribution in [0.5, 0.6) is 5.75 Å². The van der Waals surface area contributed by atoms with Crippen LogP contribution in [-0.4, -0.2) is 10.1 Å². The molecule has 3 nitrogen and oxygen atoms in total. The Morgan fingerprint density at radius 2 is 2.06 bits per heavy atom. The summed E-state index contributed by atoms with van der Waals surface area (Å²) in [4.78, 5) is 5.66. The van der Waals surface area contributed by atoms with Crippen molar-refractivity contribution in [1.29, 1.82) is 0 Å². The van der Waals surface area contributed by atoms with Gasteiger partial charge in [0, 0.05) is 5.56 Å². The molecule has 1 atom stereocenters. The summed E-state index contributed by atoms with van der Waals surface area (Å²) in [6, 6.07) is 7.91. The van der Waals surface area contributed by atoms with Gasteiger partial charge in [-0.1, -0.05) is 12.1 Å². The van der Waals surface area contributed by atoms with E-state index in [2.05, 4.69) is 4.98 Å². The van der Waals surface area contributed by atoms with Crippen LogP contribution in [0.25, 0.3) is 11.3 Å². The van der Waals surface area contributed by atoms with Crippen LogP contribution in [0, 0.1) is 0 Å². The molecule has 0 radical (unpaired) electrons. The van der Waals surface area contributed by atoms with E-state index in [9.17, 15) is 5.11 Å². The summed E-state index contributed by atoms with van der Waals surface area (Å²) >= 11 is 1.53. The lowest BCUT2D eigenvalue weighted by Gasteiger charge is -2.31. The van der Waals surface area contributed by atoms with Crippen LogP contribution in [0.1, 0.15) is 36.8 Å². The van der Waals surface area contributed by atoms with Gasteiger partial charge in [0.15, 0.2) is 0 Å². The van der Waals surface area contributed by atoms with Crippen molar-refractivity contribution >= 4 is 11.3 Å². The standard InChI is InChI=1S/C14H15NO2S/c1-8(16)13-15-11-9-6-4-5-7-10(9)17-14(2,3)12(11)18-13/h4-8,16H,1-3H3. The molecule has 1 aromatic heterocycles. The lowest BCUT2D eigenvalue weighted by molar-refractivity contribution is 0.109. The number of thiazole rings is 1. The molecule has 94 valence electrons. The van der Waals surface area contributed by atoms with Crippen LogP contribution in [0.15, 0.2) is 24.3 Å². The summed E-state index contributed by atoms with van der Waals surface area (Å²) in [5.74, 6) is 0.859. The zero-order chi connectivity index (χ0) is 12.9. The highest BCUT2D eigenvalue weighted by Crippen LogP contribution is 2.47. The van der Waals surface area contributed by atoms with E-state index in [1.807, 2.05) is 38.1 Å². The third kappa shape index (κ3) is 1.64. The average molecular weight is 261 g/mol. The van der Waals surface area contributed by atoms with E-state index in [1.165, 1.54) is 11.3 Å². The largest absolute Gasteiger partial charge is 0.482 e. The Morgan fingerprint density at radius 1 is 1.33 bits per heavy atom. The molecule has 0 spiro atoms. The van der Waals surface area contributed by atoms with Crippen molar-refractivity contribution in [3.63, 3.8) is 0 Å². The summed E-state index contributed by atoms with van der Waals surface area (Å²) in [5.41, 5.74) is 1.56. The Labute approximate surface area is 110 Å². The maximum atomic E-state index is 9.70. The number of nitrogens with zero attached hydrogens (tertiary/aromatic N) is 1. The van der Waals surface area contributed by atoms with Crippen LogP contribution < -0.4 is 4.74 Å². The molecule has 1 aliphatic rings. The topological polar surface area (TPSA) is 42.4 Å². The van der Waals surface area contributed by atoms with E-state index in [-0.39, 0.29) is 0 Å². The molecule has 0 bridgehead atoms. The van der Waals surface area contributed by atoms with Gasteiger partial charge in [-0.15, -0.1) is 11.3 Å². The van der Waals surface area contributed by atoms with Crippen molar-refractivity contribution in [3.8, 4) is 17.0 Å². The van der Waals surface area contributed by atoms with E-state index in [0.717, 1.165) is 26.9 Å². The van der Waals surface area contributed by atoms with Crippen molar-refractivity contribution < 1.29 is 9.84 Å². The molecule has 0 saturated carbocycles. The van der Waals surface area contributed by atoms with Crippen molar-refractivity contribution in [2.45, 2.75) is 32.5 Å².